The fourth-order valence-electron chi connectivity index (χ4n) is 2.19. The van der Waals surface area contributed by atoms with Crippen LogP contribution >= 0.6 is 15.9 Å². The molecule has 92 valence electrons. The summed E-state index contributed by atoms with van der Waals surface area (Å²) in [5.41, 5.74) is 1.13. The van der Waals surface area contributed by atoms with E-state index in [4.69, 9.17) is 0 Å². The molecule has 1 saturated heterocycles. The van der Waals surface area contributed by atoms with E-state index in [9.17, 15) is 0 Å². The molecule has 17 heavy (non-hydrogen) atoms. The summed E-state index contributed by atoms with van der Waals surface area (Å²) in [4.78, 5) is 7.00. The monoisotopic (exact) mass is 295 g/mol. The van der Waals surface area contributed by atoms with Gasteiger partial charge in [-0.3, -0.25) is 9.88 Å². The lowest BCUT2D eigenvalue weighted by molar-refractivity contribution is 0.171. The molecule has 0 aromatic carbocycles. The Morgan fingerprint density at radius 3 is 2.82 bits per heavy atom. The average molecular weight is 296 g/mol. The molecule has 0 radical (unpaired) electrons. The number of pyridine rings is 1. The van der Waals surface area contributed by atoms with Crippen molar-refractivity contribution in [2.75, 3.05) is 26.2 Å². The molecular weight excluding hydrogens is 278 g/mol. The minimum atomic E-state index is 0.364. The van der Waals surface area contributed by atoms with Crippen LogP contribution < -0.4 is 5.32 Å². The first-order chi connectivity index (χ1) is 8.31. The fourth-order valence-corrected chi connectivity index (χ4v) is 2.43. The average Bonchev–Trinajstić information content (AvgIpc) is 2.38. The van der Waals surface area contributed by atoms with Gasteiger partial charge in [0.25, 0.3) is 0 Å². The molecule has 1 aromatic rings. The van der Waals surface area contributed by atoms with Crippen molar-refractivity contribution in [3.05, 3.63) is 41.2 Å². The van der Waals surface area contributed by atoms with E-state index in [1.807, 2.05) is 12.3 Å². The van der Waals surface area contributed by atoms with Gasteiger partial charge in [0.15, 0.2) is 0 Å². The van der Waals surface area contributed by atoms with Crippen LogP contribution in [0.2, 0.25) is 0 Å². The minimum Gasteiger partial charge on any atom is -0.314 e. The summed E-state index contributed by atoms with van der Waals surface area (Å²) in [6, 6.07) is 4.52. The molecule has 0 unspecified atom stereocenters. The summed E-state index contributed by atoms with van der Waals surface area (Å²) in [7, 11) is 0. The maximum absolute atomic E-state index is 4.52. The van der Waals surface area contributed by atoms with Crippen molar-refractivity contribution in [3.63, 3.8) is 0 Å². The fraction of sp³-hybridized carbons (Fsp3) is 0.462. The van der Waals surface area contributed by atoms with Crippen LogP contribution in [-0.4, -0.2) is 36.1 Å². The smallest absolute Gasteiger partial charge is 0.0579 e. The third kappa shape index (κ3) is 3.37. The van der Waals surface area contributed by atoms with Crippen LogP contribution in [0.4, 0.5) is 0 Å². The standard InChI is InChI=1S/C13H18BrN3/c1-2-3-13(17-8-6-15-7-9-17)12-5-4-11(14)10-16-12/h2,4-5,10,13,15H,1,3,6-9H2/t13-/m1/s1. The van der Waals surface area contributed by atoms with Crippen molar-refractivity contribution >= 4 is 15.9 Å². The zero-order valence-corrected chi connectivity index (χ0v) is 11.5. The lowest BCUT2D eigenvalue weighted by atomic mass is 10.1. The normalized spacial score (nSPS) is 18.9. The highest BCUT2D eigenvalue weighted by molar-refractivity contribution is 9.10. The summed E-state index contributed by atoms with van der Waals surface area (Å²) in [5.74, 6) is 0. The van der Waals surface area contributed by atoms with Gasteiger partial charge in [-0.15, -0.1) is 6.58 Å². The summed E-state index contributed by atoms with van der Waals surface area (Å²) in [6.45, 7) is 8.14. The molecule has 1 atom stereocenters. The van der Waals surface area contributed by atoms with Crippen LogP contribution in [0.25, 0.3) is 0 Å². The number of hydrogen-bond donors (Lipinski definition) is 1. The van der Waals surface area contributed by atoms with Gasteiger partial charge in [-0.05, 0) is 34.5 Å². The third-order valence-electron chi connectivity index (χ3n) is 3.07. The van der Waals surface area contributed by atoms with Gasteiger partial charge >= 0.3 is 0 Å². The van der Waals surface area contributed by atoms with Gasteiger partial charge in [-0.25, -0.2) is 0 Å². The number of piperazine rings is 1. The van der Waals surface area contributed by atoms with Crippen molar-refractivity contribution < 1.29 is 0 Å². The van der Waals surface area contributed by atoms with Crippen molar-refractivity contribution in [1.82, 2.24) is 15.2 Å². The minimum absolute atomic E-state index is 0.364. The van der Waals surface area contributed by atoms with E-state index in [1.54, 1.807) is 0 Å². The Bertz CT molecular complexity index is 357. The quantitative estimate of drug-likeness (QED) is 0.865. The molecule has 0 saturated carbocycles. The number of nitrogens with zero attached hydrogens (tertiary/aromatic N) is 2. The maximum atomic E-state index is 4.52. The molecule has 1 fully saturated rings. The molecule has 1 N–H and O–H groups in total. The second-order valence-electron chi connectivity index (χ2n) is 4.23. The molecule has 0 bridgehead atoms. The summed E-state index contributed by atoms with van der Waals surface area (Å²) in [6.07, 6.45) is 4.80. The Kier molecular flexibility index (Phi) is 4.71. The second-order valence-corrected chi connectivity index (χ2v) is 5.14. The highest BCUT2D eigenvalue weighted by atomic mass is 79.9. The van der Waals surface area contributed by atoms with Gasteiger partial charge < -0.3 is 5.32 Å². The molecule has 0 spiro atoms. The molecule has 4 heteroatoms. The van der Waals surface area contributed by atoms with Gasteiger partial charge in [-0.2, -0.15) is 0 Å². The summed E-state index contributed by atoms with van der Waals surface area (Å²) >= 11 is 3.42. The molecule has 0 amide bonds. The van der Waals surface area contributed by atoms with E-state index >= 15 is 0 Å². The highest BCUT2D eigenvalue weighted by Crippen LogP contribution is 2.24. The first kappa shape index (κ1) is 12.7. The zero-order valence-electron chi connectivity index (χ0n) is 9.90. The van der Waals surface area contributed by atoms with Crippen molar-refractivity contribution in [3.8, 4) is 0 Å². The van der Waals surface area contributed by atoms with Gasteiger partial charge in [0.05, 0.1) is 11.7 Å². The number of aromatic nitrogens is 1. The molecule has 1 aliphatic rings. The van der Waals surface area contributed by atoms with Crippen LogP contribution in [0.3, 0.4) is 0 Å². The third-order valence-corrected chi connectivity index (χ3v) is 3.54. The van der Waals surface area contributed by atoms with Gasteiger partial charge in [-0.1, -0.05) is 6.08 Å². The van der Waals surface area contributed by atoms with Gasteiger partial charge in [0.2, 0.25) is 0 Å². The molecule has 0 aliphatic carbocycles. The lowest BCUT2D eigenvalue weighted by Crippen LogP contribution is -2.45. The topological polar surface area (TPSA) is 28.2 Å². The predicted molar refractivity (Wildman–Crippen MR) is 73.9 cm³/mol. The molecule has 1 aromatic heterocycles. The Hall–Kier alpha value is -0.710. The van der Waals surface area contributed by atoms with Crippen LogP contribution in [0.1, 0.15) is 18.2 Å². The van der Waals surface area contributed by atoms with Crippen LogP contribution in [0, 0.1) is 0 Å². The molecule has 3 nitrogen and oxygen atoms in total. The maximum Gasteiger partial charge on any atom is 0.0579 e. The predicted octanol–water partition coefficient (Wildman–Crippen LogP) is 2.37. The summed E-state index contributed by atoms with van der Waals surface area (Å²) in [5, 5.41) is 3.38. The van der Waals surface area contributed by atoms with E-state index in [0.717, 1.165) is 42.8 Å². The SMILES string of the molecule is C=CC[C@H](c1ccc(Br)cn1)N1CCNCC1. The van der Waals surface area contributed by atoms with E-state index in [2.05, 4.69) is 49.8 Å². The Morgan fingerprint density at radius 2 is 2.24 bits per heavy atom. The second kappa shape index (κ2) is 6.28. The van der Waals surface area contributed by atoms with Crippen LogP contribution in [0.5, 0.6) is 0 Å². The highest BCUT2D eigenvalue weighted by Gasteiger charge is 2.21. The number of nitrogens with one attached hydrogen (secondary N) is 1. The molecular formula is C13H18BrN3. The van der Waals surface area contributed by atoms with Gasteiger partial charge in [0, 0.05) is 36.8 Å². The molecule has 2 rings (SSSR count). The van der Waals surface area contributed by atoms with Gasteiger partial charge in [0.1, 0.15) is 0 Å². The first-order valence-electron chi connectivity index (χ1n) is 5.98. The molecule has 2 heterocycles. The first-order valence-corrected chi connectivity index (χ1v) is 6.77. The Labute approximate surface area is 111 Å². The molecule has 1 aliphatic heterocycles. The van der Waals surface area contributed by atoms with Crippen LogP contribution in [-0.2, 0) is 0 Å². The van der Waals surface area contributed by atoms with Crippen molar-refractivity contribution in [1.29, 1.82) is 0 Å². The number of rotatable bonds is 4. The lowest BCUT2D eigenvalue weighted by Gasteiger charge is -2.34. The Balaban J connectivity index is 2.15. The van der Waals surface area contributed by atoms with E-state index in [-0.39, 0.29) is 0 Å². The van der Waals surface area contributed by atoms with E-state index in [1.165, 1.54) is 0 Å². The van der Waals surface area contributed by atoms with Crippen LogP contribution in [0.15, 0.2) is 35.5 Å². The number of hydrogen-bond acceptors (Lipinski definition) is 3. The van der Waals surface area contributed by atoms with Crippen molar-refractivity contribution in [2.24, 2.45) is 0 Å². The van der Waals surface area contributed by atoms with E-state index < -0.39 is 0 Å². The zero-order chi connectivity index (χ0) is 12.1. The largest absolute Gasteiger partial charge is 0.314 e. The summed E-state index contributed by atoms with van der Waals surface area (Å²) < 4.78 is 1.03. The van der Waals surface area contributed by atoms with Crippen molar-refractivity contribution in [2.45, 2.75) is 12.5 Å². The Morgan fingerprint density at radius 1 is 1.47 bits per heavy atom. The number of halogens is 1. The van der Waals surface area contributed by atoms with E-state index in [0.29, 0.717) is 6.04 Å².